The Labute approximate surface area is 161 Å². The van der Waals surface area contributed by atoms with E-state index in [1.807, 2.05) is 17.8 Å². The lowest BCUT2D eigenvalue weighted by molar-refractivity contribution is -0.146. The van der Waals surface area contributed by atoms with E-state index in [1.54, 1.807) is 7.11 Å². The van der Waals surface area contributed by atoms with Gasteiger partial charge < -0.3 is 15.0 Å². The molecule has 0 aromatic heterocycles. The van der Waals surface area contributed by atoms with Crippen LogP contribution in [0.2, 0.25) is 0 Å². The van der Waals surface area contributed by atoms with E-state index < -0.39 is 0 Å². The minimum absolute atomic E-state index is 0. The molecule has 2 saturated heterocycles. The number of halogens is 1. The van der Waals surface area contributed by atoms with Gasteiger partial charge in [-0.15, -0.1) is 24.2 Å². The van der Waals surface area contributed by atoms with Crippen LogP contribution in [0.5, 0.6) is 0 Å². The fourth-order valence-corrected chi connectivity index (χ4v) is 4.87. The second kappa shape index (κ2) is 9.81. The zero-order valence-electron chi connectivity index (χ0n) is 14.9. The second-order valence-electron chi connectivity index (χ2n) is 6.99. The molecule has 0 aliphatic carbocycles. The van der Waals surface area contributed by atoms with E-state index in [2.05, 4.69) is 34.5 Å². The molecule has 1 unspecified atom stereocenters. The summed E-state index contributed by atoms with van der Waals surface area (Å²) in [5, 5.41) is 3.36. The summed E-state index contributed by atoms with van der Waals surface area (Å²) in [4.78, 5) is 16.6. The summed E-state index contributed by atoms with van der Waals surface area (Å²) in [6.45, 7) is 4.18. The largest absolute Gasteiger partial charge is 0.384 e. The zero-order valence-corrected chi connectivity index (χ0v) is 16.5. The van der Waals surface area contributed by atoms with Crippen LogP contribution in [0.4, 0.5) is 0 Å². The number of hydrogen-bond donors (Lipinski definition) is 1. The molecule has 2 aliphatic rings. The van der Waals surface area contributed by atoms with Crippen LogP contribution in [0.1, 0.15) is 19.3 Å². The molecule has 0 saturated carbocycles. The molecule has 3 rings (SSSR count). The Hall–Kier alpha value is -0.750. The predicted molar refractivity (Wildman–Crippen MR) is 106 cm³/mol. The minimum atomic E-state index is -0.304. The topological polar surface area (TPSA) is 41.6 Å². The number of hydrogen-bond acceptors (Lipinski definition) is 4. The van der Waals surface area contributed by atoms with Gasteiger partial charge in [0.1, 0.15) is 0 Å². The first-order valence-electron chi connectivity index (χ1n) is 8.90. The van der Waals surface area contributed by atoms with E-state index in [4.69, 9.17) is 4.74 Å². The molecular formula is C19H29ClN2O2S. The van der Waals surface area contributed by atoms with Crippen molar-refractivity contribution in [3.05, 3.63) is 30.3 Å². The Morgan fingerprint density at radius 2 is 2.04 bits per heavy atom. The Balaban J connectivity index is 0.00000225. The van der Waals surface area contributed by atoms with Crippen molar-refractivity contribution in [1.29, 1.82) is 0 Å². The number of amides is 1. The lowest BCUT2D eigenvalue weighted by atomic mass is 9.78. The fourth-order valence-electron chi connectivity index (χ4n) is 3.82. The third-order valence-corrected chi connectivity index (χ3v) is 6.48. The second-order valence-corrected chi connectivity index (χ2v) is 8.09. The Bertz CT molecular complexity index is 532. The maximum absolute atomic E-state index is 13.1. The standard InChI is InChI=1S/C19H28N2O2S.ClH/c1-23-15-19(8-10-20-11-9-19)18(22)21-12-7-16(13-21)14-24-17-5-3-2-4-6-17;/h2-6,16,20H,7-15H2,1H3;1H. The molecule has 6 heteroatoms. The van der Waals surface area contributed by atoms with Crippen molar-refractivity contribution in [2.75, 3.05) is 45.6 Å². The predicted octanol–water partition coefficient (Wildman–Crippen LogP) is 3.07. The fraction of sp³-hybridized carbons (Fsp3) is 0.632. The van der Waals surface area contributed by atoms with Gasteiger partial charge in [-0.25, -0.2) is 0 Å². The number of nitrogens with one attached hydrogen (secondary N) is 1. The molecule has 2 aliphatic heterocycles. The van der Waals surface area contributed by atoms with Gasteiger partial charge >= 0.3 is 0 Å². The van der Waals surface area contributed by atoms with E-state index in [-0.39, 0.29) is 17.8 Å². The molecular weight excluding hydrogens is 356 g/mol. The summed E-state index contributed by atoms with van der Waals surface area (Å²) >= 11 is 1.90. The molecule has 0 radical (unpaired) electrons. The van der Waals surface area contributed by atoms with Gasteiger partial charge in [-0.05, 0) is 50.4 Å². The number of thioether (sulfide) groups is 1. The maximum Gasteiger partial charge on any atom is 0.231 e. The summed E-state index contributed by atoms with van der Waals surface area (Å²) in [6, 6.07) is 10.5. The summed E-state index contributed by atoms with van der Waals surface area (Å²) in [6.07, 6.45) is 2.89. The SMILES string of the molecule is COCC1(C(=O)N2CCC(CSc3ccccc3)C2)CCNCC1.Cl. The van der Waals surface area contributed by atoms with Crippen LogP contribution >= 0.6 is 24.2 Å². The highest BCUT2D eigenvalue weighted by atomic mass is 35.5. The Kier molecular flexibility index (Phi) is 8.07. The van der Waals surface area contributed by atoms with Crippen molar-refractivity contribution in [3.8, 4) is 0 Å². The number of rotatable bonds is 6. The van der Waals surface area contributed by atoms with Crippen LogP contribution in [-0.2, 0) is 9.53 Å². The van der Waals surface area contributed by atoms with Crippen LogP contribution in [0.25, 0.3) is 0 Å². The molecule has 1 amide bonds. The summed E-state index contributed by atoms with van der Waals surface area (Å²) in [5.41, 5.74) is -0.304. The van der Waals surface area contributed by atoms with E-state index in [9.17, 15) is 4.79 Å². The number of methoxy groups -OCH3 is 1. The third kappa shape index (κ3) is 5.13. The highest BCUT2D eigenvalue weighted by molar-refractivity contribution is 7.99. The first kappa shape index (κ1) is 20.6. The summed E-state index contributed by atoms with van der Waals surface area (Å²) < 4.78 is 5.42. The molecule has 1 aromatic carbocycles. The molecule has 0 bridgehead atoms. The number of ether oxygens (including phenoxy) is 1. The zero-order chi connectivity index (χ0) is 16.8. The molecule has 2 fully saturated rings. The van der Waals surface area contributed by atoms with Crippen molar-refractivity contribution in [3.63, 3.8) is 0 Å². The van der Waals surface area contributed by atoms with Crippen molar-refractivity contribution in [2.24, 2.45) is 11.3 Å². The highest BCUT2D eigenvalue weighted by Gasteiger charge is 2.43. The molecule has 0 spiro atoms. The monoisotopic (exact) mass is 384 g/mol. The smallest absolute Gasteiger partial charge is 0.231 e. The molecule has 1 atom stereocenters. The van der Waals surface area contributed by atoms with Crippen molar-refractivity contribution in [2.45, 2.75) is 24.2 Å². The molecule has 2 heterocycles. The van der Waals surface area contributed by atoms with Gasteiger partial charge in [0.25, 0.3) is 0 Å². The van der Waals surface area contributed by atoms with Crippen molar-refractivity contribution >= 4 is 30.1 Å². The van der Waals surface area contributed by atoms with Gasteiger partial charge in [0.2, 0.25) is 5.91 Å². The van der Waals surface area contributed by atoms with Gasteiger partial charge in [0.15, 0.2) is 0 Å². The molecule has 140 valence electrons. The lowest BCUT2D eigenvalue weighted by Crippen LogP contribution is -2.51. The molecule has 1 aromatic rings. The number of carbonyl (C=O) groups is 1. The van der Waals surface area contributed by atoms with E-state index in [0.717, 1.165) is 51.2 Å². The number of carbonyl (C=O) groups excluding carboxylic acids is 1. The van der Waals surface area contributed by atoms with Crippen molar-refractivity contribution in [1.82, 2.24) is 10.2 Å². The van der Waals surface area contributed by atoms with Crippen LogP contribution in [-0.4, -0.2) is 56.5 Å². The lowest BCUT2D eigenvalue weighted by Gasteiger charge is -2.38. The Morgan fingerprint density at radius 1 is 1.32 bits per heavy atom. The number of benzene rings is 1. The first-order chi connectivity index (χ1) is 11.7. The van der Waals surface area contributed by atoms with Gasteiger partial charge in [-0.2, -0.15) is 0 Å². The van der Waals surface area contributed by atoms with Gasteiger partial charge in [-0.1, -0.05) is 18.2 Å². The van der Waals surface area contributed by atoms with Crippen LogP contribution in [0.15, 0.2) is 35.2 Å². The molecule has 4 nitrogen and oxygen atoms in total. The third-order valence-electron chi connectivity index (χ3n) is 5.24. The van der Waals surface area contributed by atoms with E-state index in [1.165, 1.54) is 4.90 Å². The van der Waals surface area contributed by atoms with E-state index >= 15 is 0 Å². The van der Waals surface area contributed by atoms with Gasteiger partial charge in [0, 0.05) is 30.8 Å². The quantitative estimate of drug-likeness (QED) is 0.765. The number of likely N-dealkylation sites (tertiary alicyclic amines) is 1. The maximum atomic E-state index is 13.1. The summed E-state index contributed by atoms with van der Waals surface area (Å²) in [5.74, 6) is 2.01. The molecule has 1 N–H and O–H groups in total. The Morgan fingerprint density at radius 3 is 2.72 bits per heavy atom. The van der Waals surface area contributed by atoms with Crippen LogP contribution < -0.4 is 5.32 Å². The van der Waals surface area contributed by atoms with Crippen LogP contribution in [0.3, 0.4) is 0 Å². The molecule has 25 heavy (non-hydrogen) atoms. The number of piperidine rings is 1. The normalized spacial score (nSPS) is 22.4. The average Bonchev–Trinajstić information content (AvgIpc) is 3.10. The summed E-state index contributed by atoms with van der Waals surface area (Å²) in [7, 11) is 1.71. The number of nitrogens with zero attached hydrogens (tertiary/aromatic N) is 1. The highest BCUT2D eigenvalue weighted by Crippen LogP contribution is 2.34. The van der Waals surface area contributed by atoms with Crippen molar-refractivity contribution < 1.29 is 9.53 Å². The van der Waals surface area contributed by atoms with E-state index in [0.29, 0.717) is 18.4 Å². The average molecular weight is 385 g/mol. The van der Waals surface area contributed by atoms with Gasteiger partial charge in [-0.3, -0.25) is 4.79 Å². The first-order valence-corrected chi connectivity index (χ1v) is 9.89. The van der Waals surface area contributed by atoms with Gasteiger partial charge in [0.05, 0.1) is 12.0 Å². The van der Waals surface area contributed by atoms with Crippen LogP contribution in [0, 0.1) is 11.3 Å². The minimum Gasteiger partial charge on any atom is -0.384 e.